The van der Waals surface area contributed by atoms with Crippen molar-refractivity contribution < 1.29 is 14.6 Å². The summed E-state index contributed by atoms with van der Waals surface area (Å²) >= 11 is 0. The van der Waals surface area contributed by atoms with E-state index in [9.17, 15) is 4.79 Å². The molecule has 1 saturated carbocycles. The van der Waals surface area contributed by atoms with Gasteiger partial charge in [0.05, 0.1) is 12.0 Å². The predicted molar refractivity (Wildman–Crippen MR) is 35.8 cm³/mol. The van der Waals surface area contributed by atoms with Gasteiger partial charge in [-0.25, -0.2) is 0 Å². The molecule has 3 nitrogen and oxygen atoms in total. The van der Waals surface area contributed by atoms with Crippen molar-refractivity contribution in [2.45, 2.75) is 31.3 Å². The Bertz CT molecular complexity index is 132. The summed E-state index contributed by atoms with van der Waals surface area (Å²) in [6, 6.07) is 0. The van der Waals surface area contributed by atoms with Crippen molar-refractivity contribution in [2.75, 3.05) is 7.11 Å². The summed E-state index contributed by atoms with van der Waals surface area (Å²) in [6.45, 7) is 0. The number of methoxy groups -OCH3 is 1. The van der Waals surface area contributed by atoms with Crippen molar-refractivity contribution in [3.63, 3.8) is 0 Å². The molecule has 1 fully saturated rings. The van der Waals surface area contributed by atoms with Crippen molar-refractivity contribution in [2.24, 2.45) is 0 Å². The Kier molecular flexibility index (Phi) is 1.94. The molecule has 0 atom stereocenters. The molecule has 1 rings (SSSR count). The first-order valence-corrected chi connectivity index (χ1v) is 3.45. The van der Waals surface area contributed by atoms with E-state index in [0.29, 0.717) is 0 Å². The van der Waals surface area contributed by atoms with E-state index in [1.165, 1.54) is 0 Å². The molecule has 0 amide bonds. The highest BCUT2D eigenvalue weighted by Crippen LogP contribution is 2.37. The number of hydrogen-bond donors (Lipinski definition) is 1. The van der Waals surface area contributed by atoms with Gasteiger partial charge in [-0.1, -0.05) is 0 Å². The fourth-order valence-corrected chi connectivity index (χ4v) is 1.30. The summed E-state index contributed by atoms with van der Waals surface area (Å²) in [7, 11) is 1.59. The molecule has 3 heteroatoms. The van der Waals surface area contributed by atoms with E-state index in [1.807, 2.05) is 0 Å². The zero-order chi connectivity index (χ0) is 7.61. The van der Waals surface area contributed by atoms with Crippen LogP contribution >= 0.6 is 0 Å². The number of rotatable bonds is 3. The van der Waals surface area contributed by atoms with Crippen molar-refractivity contribution in [1.82, 2.24) is 0 Å². The minimum absolute atomic E-state index is 0.156. The van der Waals surface area contributed by atoms with Gasteiger partial charge in [-0.2, -0.15) is 0 Å². The third-order valence-corrected chi connectivity index (χ3v) is 2.17. The van der Waals surface area contributed by atoms with Gasteiger partial charge in [0.1, 0.15) is 0 Å². The SMILES string of the molecule is COC1(CC(=O)O)CCC1. The van der Waals surface area contributed by atoms with Crippen molar-refractivity contribution in [3.8, 4) is 0 Å². The fraction of sp³-hybridized carbons (Fsp3) is 0.857. The molecule has 1 aliphatic carbocycles. The first kappa shape index (κ1) is 7.54. The van der Waals surface area contributed by atoms with Crippen LogP contribution in [0.5, 0.6) is 0 Å². The lowest BCUT2D eigenvalue weighted by molar-refractivity contribution is -0.149. The van der Waals surface area contributed by atoms with Crippen LogP contribution in [-0.4, -0.2) is 23.8 Å². The molecule has 0 bridgehead atoms. The molecule has 0 aromatic carbocycles. The summed E-state index contributed by atoms with van der Waals surface area (Å²) in [5, 5.41) is 8.47. The Morgan fingerprint density at radius 1 is 1.70 bits per heavy atom. The largest absolute Gasteiger partial charge is 0.481 e. The molecular formula is C7H12O3. The van der Waals surface area contributed by atoms with Crippen LogP contribution in [0, 0.1) is 0 Å². The lowest BCUT2D eigenvalue weighted by atomic mass is 9.77. The summed E-state index contributed by atoms with van der Waals surface area (Å²) in [5.41, 5.74) is -0.314. The summed E-state index contributed by atoms with van der Waals surface area (Å²) in [4.78, 5) is 10.3. The van der Waals surface area contributed by atoms with Gasteiger partial charge < -0.3 is 9.84 Å². The van der Waals surface area contributed by atoms with Crippen LogP contribution in [0.25, 0.3) is 0 Å². The van der Waals surface area contributed by atoms with Crippen LogP contribution < -0.4 is 0 Å². The topological polar surface area (TPSA) is 46.5 Å². The first-order chi connectivity index (χ1) is 4.68. The highest BCUT2D eigenvalue weighted by Gasteiger charge is 2.38. The summed E-state index contributed by atoms with van der Waals surface area (Å²) < 4.78 is 5.10. The Labute approximate surface area is 60.0 Å². The third kappa shape index (κ3) is 1.29. The average Bonchev–Trinajstić information content (AvgIpc) is 1.78. The van der Waals surface area contributed by atoms with Crippen LogP contribution in [0.15, 0.2) is 0 Å². The van der Waals surface area contributed by atoms with Crippen molar-refractivity contribution in [3.05, 3.63) is 0 Å². The molecule has 0 spiro atoms. The Morgan fingerprint density at radius 2 is 2.30 bits per heavy atom. The minimum Gasteiger partial charge on any atom is -0.481 e. The van der Waals surface area contributed by atoms with E-state index in [1.54, 1.807) is 7.11 Å². The van der Waals surface area contributed by atoms with Gasteiger partial charge in [0.2, 0.25) is 0 Å². The monoisotopic (exact) mass is 144 g/mol. The van der Waals surface area contributed by atoms with Crippen LogP contribution in [0.2, 0.25) is 0 Å². The number of carboxylic acids is 1. The summed E-state index contributed by atoms with van der Waals surface area (Å²) in [6.07, 6.45) is 3.05. The van der Waals surface area contributed by atoms with Gasteiger partial charge in [0.25, 0.3) is 0 Å². The van der Waals surface area contributed by atoms with Gasteiger partial charge in [-0.05, 0) is 19.3 Å². The Hall–Kier alpha value is -0.570. The zero-order valence-electron chi connectivity index (χ0n) is 6.09. The molecule has 0 aromatic rings. The van der Waals surface area contributed by atoms with Crippen LogP contribution in [0.4, 0.5) is 0 Å². The fourth-order valence-electron chi connectivity index (χ4n) is 1.30. The van der Waals surface area contributed by atoms with E-state index in [4.69, 9.17) is 9.84 Å². The number of carbonyl (C=O) groups is 1. The second-order valence-corrected chi connectivity index (χ2v) is 2.81. The van der Waals surface area contributed by atoms with E-state index in [0.717, 1.165) is 19.3 Å². The second-order valence-electron chi connectivity index (χ2n) is 2.81. The molecule has 58 valence electrons. The Morgan fingerprint density at radius 3 is 2.40 bits per heavy atom. The predicted octanol–water partition coefficient (Wildman–Crippen LogP) is 1.03. The number of aliphatic carboxylic acids is 1. The molecule has 0 aliphatic heterocycles. The first-order valence-electron chi connectivity index (χ1n) is 3.45. The normalized spacial score (nSPS) is 21.7. The third-order valence-electron chi connectivity index (χ3n) is 2.17. The molecule has 0 heterocycles. The van der Waals surface area contributed by atoms with Crippen LogP contribution in [0.1, 0.15) is 25.7 Å². The van der Waals surface area contributed by atoms with E-state index in [-0.39, 0.29) is 12.0 Å². The molecule has 0 unspecified atom stereocenters. The standard InChI is InChI=1S/C7H12O3/c1-10-7(3-2-4-7)5-6(8)9/h2-5H2,1H3,(H,8,9). The lowest BCUT2D eigenvalue weighted by Gasteiger charge is -2.39. The highest BCUT2D eigenvalue weighted by molar-refractivity contribution is 5.68. The van der Waals surface area contributed by atoms with Gasteiger partial charge in [-0.3, -0.25) is 4.79 Å². The van der Waals surface area contributed by atoms with Crippen LogP contribution in [0.3, 0.4) is 0 Å². The van der Waals surface area contributed by atoms with Crippen molar-refractivity contribution in [1.29, 1.82) is 0 Å². The molecule has 0 saturated heterocycles. The second kappa shape index (κ2) is 2.58. The van der Waals surface area contributed by atoms with Gasteiger partial charge in [-0.15, -0.1) is 0 Å². The highest BCUT2D eigenvalue weighted by atomic mass is 16.5. The van der Waals surface area contributed by atoms with Gasteiger partial charge in [0, 0.05) is 7.11 Å². The summed E-state index contributed by atoms with van der Waals surface area (Å²) in [5.74, 6) is -0.762. The number of ether oxygens (including phenoxy) is 1. The van der Waals surface area contributed by atoms with E-state index >= 15 is 0 Å². The van der Waals surface area contributed by atoms with E-state index < -0.39 is 5.97 Å². The molecule has 1 N–H and O–H groups in total. The molecule has 0 radical (unpaired) electrons. The molecule has 1 aliphatic rings. The van der Waals surface area contributed by atoms with Gasteiger partial charge in [0.15, 0.2) is 0 Å². The molecular weight excluding hydrogens is 132 g/mol. The van der Waals surface area contributed by atoms with Crippen LogP contribution in [-0.2, 0) is 9.53 Å². The van der Waals surface area contributed by atoms with Gasteiger partial charge >= 0.3 is 5.97 Å². The number of carboxylic acid groups (broad SMARTS) is 1. The molecule has 10 heavy (non-hydrogen) atoms. The van der Waals surface area contributed by atoms with E-state index in [2.05, 4.69) is 0 Å². The number of hydrogen-bond acceptors (Lipinski definition) is 2. The van der Waals surface area contributed by atoms with Crippen molar-refractivity contribution >= 4 is 5.97 Å². The maximum Gasteiger partial charge on any atom is 0.306 e. The quantitative estimate of drug-likeness (QED) is 0.643. The average molecular weight is 144 g/mol. The lowest BCUT2D eigenvalue weighted by Crippen LogP contribution is -2.41. The smallest absolute Gasteiger partial charge is 0.306 e. The maximum atomic E-state index is 10.3. The molecule has 0 aromatic heterocycles. The minimum atomic E-state index is -0.762. The maximum absolute atomic E-state index is 10.3. The zero-order valence-corrected chi connectivity index (χ0v) is 6.09. The Balaban J connectivity index is 2.40.